The van der Waals surface area contributed by atoms with E-state index < -0.39 is 0 Å². The Hall–Kier alpha value is -2.09. The van der Waals surface area contributed by atoms with Crippen LogP contribution >= 0.6 is 11.6 Å². The molecular formula is C24H29ClN6O. The normalized spacial score (nSPS) is 24.6. The maximum absolute atomic E-state index is 6.73. The molecule has 1 spiro atoms. The van der Waals surface area contributed by atoms with Gasteiger partial charge in [-0.05, 0) is 50.2 Å². The van der Waals surface area contributed by atoms with Crippen molar-refractivity contribution in [1.29, 1.82) is 0 Å². The van der Waals surface area contributed by atoms with Crippen LogP contribution in [-0.4, -0.2) is 69.4 Å². The van der Waals surface area contributed by atoms with E-state index in [1.165, 1.54) is 25.7 Å². The number of hydrogen-bond donors (Lipinski definition) is 0. The fourth-order valence-corrected chi connectivity index (χ4v) is 6.19. The van der Waals surface area contributed by atoms with Gasteiger partial charge in [0.2, 0.25) is 0 Å². The van der Waals surface area contributed by atoms with Crippen LogP contribution in [0.3, 0.4) is 0 Å². The van der Waals surface area contributed by atoms with Crippen LogP contribution in [0.25, 0.3) is 16.6 Å². The number of nitrogens with zero attached hydrogens (tertiary/aromatic N) is 6. The van der Waals surface area contributed by atoms with Gasteiger partial charge in [0.05, 0.1) is 59.6 Å². The molecule has 1 aromatic carbocycles. The van der Waals surface area contributed by atoms with Gasteiger partial charge in [-0.15, -0.1) is 0 Å². The van der Waals surface area contributed by atoms with E-state index in [4.69, 9.17) is 16.3 Å². The van der Waals surface area contributed by atoms with E-state index in [9.17, 15) is 0 Å². The van der Waals surface area contributed by atoms with Gasteiger partial charge in [0, 0.05) is 31.6 Å². The summed E-state index contributed by atoms with van der Waals surface area (Å²) in [7, 11) is 0. The highest BCUT2D eigenvalue weighted by Gasteiger charge is 2.53. The molecule has 4 aliphatic rings. The first-order valence-corrected chi connectivity index (χ1v) is 12.2. The van der Waals surface area contributed by atoms with Gasteiger partial charge in [-0.2, -0.15) is 10.2 Å². The Balaban J connectivity index is 1.14. The Morgan fingerprint density at radius 2 is 1.81 bits per heavy atom. The van der Waals surface area contributed by atoms with Gasteiger partial charge >= 0.3 is 0 Å². The summed E-state index contributed by atoms with van der Waals surface area (Å²) in [5, 5.41) is 11.2. The van der Waals surface area contributed by atoms with Crippen molar-refractivity contribution < 1.29 is 4.74 Å². The van der Waals surface area contributed by atoms with Gasteiger partial charge in [-0.25, -0.2) is 4.68 Å². The van der Waals surface area contributed by atoms with E-state index >= 15 is 0 Å². The molecule has 4 fully saturated rings. The Morgan fingerprint density at radius 1 is 1.03 bits per heavy atom. The predicted molar refractivity (Wildman–Crippen MR) is 125 cm³/mol. The number of ether oxygens (including phenoxy) is 1. The minimum Gasteiger partial charge on any atom is -0.377 e. The third-order valence-electron chi connectivity index (χ3n) is 8.35. The van der Waals surface area contributed by atoms with Crippen molar-refractivity contribution in [2.24, 2.45) is 5.41 Å². The molecule has 3 aromatic rings. The van der Waals surface area contributed by atoms with Crippen LogP contribution in [0, 0.1) is 5.41 Å². The molecule has 0 N–H and O–H groups in total. The summed E-state index contributed by atoms with van der Waals surface area (Å²) in [5.74, 6) is 0. The molecule has 0 bridgehead atoms. The predicted octanol–water partition coefficient (Wildman–Crippen LogP) is 3.90. The minimum absolute atomic E-state index is 0.207. The summed E-state index contributed by atoms with van der Waals surface area (Å²) < 4.78 is 9.62. The molecular weight excluding hydrogens is 424 g/mol. The van der Waals surface area contributed by atoms with Crippen molar-refractivity contribution in [3.8, 4) is 5.69 Å². The van der Waals surface area contributed by atoms with Gasteiger partial charge in [-0.1, -0.05) is 11.6 Å². The van der Waals surface area contributed by atoms with Crippen LogP contribution in [-0.2, 0) is 4.74 Å². The Bertz CT molecular complexity index is 1180. The third kappa shape index (κ3) is 2.94. The smallest absolute Gasteiger partial charge is 0.103 e. The van der Waals surface area contributed by atoms with E-state index in [-0.39, 0.29) is 5.54 Å². The van der Waals surface area contributed by atoms with E-state index in [1.807, 2.05) is 17.1 Å². The molecule has 2 aliphatic heterocycles. The van der Waals surface area contributed by atoms with Gasteiger partial charge in [0.1, 0.15) is 5.69 Å². The summed E-state index contributed by atoms with van der Waals surface area (Å²) in [6.07, 6.45) is 11.4. The number of piperazine rings is 1. The number of fused-ring (bicyclic) bond motifs is 1. The van der Waals surface area contributed by atoms with Crippen LogP contribution in [0.5, 0.6) is 0 Å². The second-order valence-corrected chi connectivity index (χ2v) is 11.0. The van der Waals surface area contributed by atoms with E-state index in [1.54, 1.807) is 0 Å². The van der Waals surface area contributed by atoms with Crippen LogP contribution in [0.1, 0.15) is 38.6 Å². The highest BCUT2D eigenvalue weighted by Crippen LogP contribution is 2.64. The first kappa shape index (κ1) is 19.4. The zero-order valence-corrected chi connectivity index (χ0v) is 19.3. The van der Waals surface area contributed by atoms with Crippen molar-refractivity contribution >= 4 is 28.2 Å². The largest absolute Gasteiger partial charge is 0.377 e. The standard InChI is InChI=1S/C24H29ClN6O/c1-23(15-32-16-23)29-6-4-28(5-7-29)22-9-21-17(8-20(22)25)12-27-31(21)19-13-26-30(14-19)18-10-24(11-18)2-3-24/h8-9,12-14,18H,2-7,10-11,15-16H2,1H3. The van der Waals surface area contributed by atoms with E-state index in [0.29, 0.717) is 11.5 Å². The fourth-order valence-electron chi connectivity index (χ4n) is 5.90. The molecule has 0 atom stereocenters. The minimum atomic E-state index is 0.207. The molecule has 2 saturated carbocycles. The molecule has 7 nitrogen and oxygen atoms in total. The highest BCUT2D eigenvalue weighted by molar-refractivity contribution is 6.34. The lowest BCUT2D eigenvalue weighted by Crippen LogP contribution is -2.64. The molecule has 0 unspecified atom stereocenters. The summed E-state index contributed by atoms with van der Waals surface area (Å²) in [4.78, 5) is 4.97. The van der Waals surface area contributed by atoms with Gasteiger partial charge < -0.3 is 9.64 Å². The first-order valence-electron chi connectivity index (χ1n) is 11.8. The molecule has 0 amide bonds. The summed E-state index contributed by atoms with van der Waals surface area (Å²) >= 11 is 6.73. The molecule has 0 radical (unpaired) electrons. The van der Waals surface area contributed by atoms with Crippen molar-refractivity contribution in [3.05, 3.63) is 35.7 Å². The van der Waals surface area contributed by atoms with Gasteiger partial charge in [-0.3, -0.25) is 9.58 Å². The number of aromatic nitrogens is 4. The average molecular weight is 453 g/mol. The number of benzene rings is 1. The van der Waals surface area contributed by atoms with Gasteiger partial charge in [0.15, 0.2) is 0 Å². The molecule has 7 rings (SSSR count). The molecule has 4 heterocycles. The number of anilines is 1. The second-order valence-electron chi connectivity index (χ2n) is 10.6. The van der Waals surface area contributed by atoms with E-state index in [0.717, 1.165) is 66.7 Å². The summed E-state index contributed by atoms with van der Waals surface area (Å²) in [6, 6.07) is 4.81. The lowest BCUT2D eigenvalue weighted by Gasteiger charge is -2.50. The Kier molecular flexibility index (Phi) is 4.07. The maximum atomic E-state index is 6.73. The number of rotatable bonds is 4. The Morgan fingerprint density at radius 3 is 2.50 bits per heavy atom. The van der Waals surface area contributed by atoms with Crippen LogP contribution in [0.4, 0.5) is 5.69 Å². The molecule has 8 heteroatoms. The lowest BCUT2D eigenvalue weighted by atomic mass is 9.77. The SMILES string of the molecule is CC1(N2CCN(c3cc4c(cnn4-c4cnn(C5CC6(CC6)C5)c4)cc3Cl)CC2)COC1. The van der Waals surface area contributed by atoms with Crippen molar-refractivity contribution in [3.63, 3.8) is 0 Å². The highest BCUT2D eigenvalue weighted by atomic mass is 35.5. The Labute approximate surface area is 192 Å². The number of hydrogen-bond acceptors (Lipinski definition) is 5. The monoisotopic (exact) mass is 452 g/mol. The van der Waals surface area contributed by atoms with Crippen LogP contribution in [0.2, 0.25) is 5.02 Å². The first-order chi connectivity index (χ1) is 15.5. The van der Waals surface area contributed by atoms with Crippen molar-refractivity contribution in [2.45, 2.75) is 44.2 Å². The molecule has 2 saturated heterocycles. The van der Waals surface area contributed by atoms with Crippen molar-refractivity contribution in [2.75, 3.05) is 44.3 Å². The summed E-state index contributed by atoms with van der Waals surface area (Å²) in [6.45, 7) is 7.99. The lowest BCUT2D eigenvalue weighted by molar-refractivity contribution is -0.131. The fraction of sp³-hybridized carbons (Fsp3) is 0.583. The molecule has 2 aliphatic carbocycles. The number of halogens is 1. The second kappa shape index (κ2) is 6.72. The average Bonchev–Trinajstić information content (AvgIpc) is 3.24. The third-order valence-corrected chi connectivity index (χ3v) is 8.65. The molecule has 168 valence electrons. The molecule has 32 heavy (non-hydrogen) atoms. The topological polar surface area (TPSA) is 51.3 Å². The zero-order valence-electron chi connectivity index (χ0n) is 18.5. The van der Waals surface area contributed by atoms with Crippen molar-refractivity contribution in [1.82, 2.24) is 24.5 Å². The van der Waals surface area contributed by atoms with Gasteiger partial charge in [0.25, 0.3) is 0 Å². The van der Waals surface area contributed by atoms with Crippen LogP contribution in [0.15, 0.2) is 30.7 Å². The summed E-state index contributed by atoms with van der Waals surface area (Å²) in [5.41, 5.74) is 4.08. The zero-order chi connectivity index (χ0) is 21.5. The molecule has 2 aromatic heterocycles. The van der Waals surface area contributed by atoms with Crippen LogP contribution < -0.4 is 4.90 Å². The van der Waals surface area contributed by atoms with E-state index in [2.05, 4.69) is 49.9 Å². The maximum Gasteiger partial charge on any atom is 0.103 e. The quantitative estimate of drug-likeness (QED) is 0.601.